The summed E-state index contributed by atoms with van der Waals surface area (Å²) in [5, 5.41) is 9.24. The fourth-order valence-corrected chi connectivity index (χ4v) is 10.8. The largest absolute Gasteiger partial charge is 0.486 e. The van der Waals surface area contributed by atoms with E-state index in [0.29, 0.717) is 90.4 Å². The Morgan fingerprint density at radius 1 is 0.646 bits per heavy atom. The van der Waals surface area contributed by atoms with Gasteiger partial charge in [0.2, 0.25) is 0 Å². The molecule has 4 atom stereocenters. The van der Waals surface area contributed by atoms with Gasteiger partial charge in [0.25, 0.3) is 22.9 Å². The Kier molecular flexibility index (Phi) is 8.68. The Labute approximate surface area is 371 Å². The molecule has 2 aliphatic carbocycles. The molecule has 0 bridgehead atoms. The minimum atomic E-state index is -0.456. The molecule has 15 nitrogen and oxygen atoms in total. The van der Waals surface area contributed by atoms with Crippen LogP contribution >= 0.6 is 0 Å². The summed E-state index contributed by atoms with van der Waals surface area (Å²) in [6.07, 6.45) is 8.01. The molecule has 4 aliphatic heterocycles. The van der Waals surface area contributed by atoms with Crippen LogP contribution < -0.4 is 20.6 Å². The zero-order valence-corrected chi connectivity index (χ0v) is 36.5. The fraction of sp³-hybridized carbons (Fsp3) is 0.375. The quantitative estimate of drug-likeness (QED) is 0.241. The monoisotopic (exact) mass is 884 g/mol. The van der Waals surface area contributed by atoms with Crippen LogP contribution in [-0.2, 0) is 30.5 Å². The molecule has 17 heteroatoms. The molecule has 0 spiro atoms. The maximum Gasteiger partial charge on any atom is 0.275 e. The predicted octanol–water partition coefficient (Wildman–Crippen LogP) is 4.66. The number of rotatable bonds is 7. The van der Waals surface area contributed by atoms with Gasteiger partial charge in [-0.25, -0.2) is 18.7 Å². The number of pyridine rings is 2. The van der Waals surface area contributed by atoms with E-state index < -0.39 is 11.2 Å². The zero-order chi connectivity index (χ0) is 45.5. The van der Waals surface area contributed by atoms with Gasteiger partial charge < -0.3 is 42.6 Å². The molecule has 6 aromatic rings. The summed E-state index contributed by atoms with van der Waals surface area (Å²) in [5.41, 5.74) is 3.82. The number of amides is 2. The van der Waals surface area contributed by atoms with E-state index in [0.717, 1.165) is 29.7 Å². The number of imidazole rings is 2. The molecule has 2 fully saturated rings. The second-order valence-corrected chi connectivity index (χ2v) is 18.8. The van der Waals surface area contributed by atoms with Crippen molar-refractivity contribution >= 4 is 11.8 Å². The van der Waals surface area contributed by atoms with E-state index in [1.807, 2.05) is 32.9 Å². The van der Waals surface area contributed by atoms with Crippen molar-refractivity contribution in [3.8, 4) is 22.9 Å². The van der Waals surface area contributed by atoms with E-state index in [4.69, 9.17) is 9.47 Å². The normalized spacial score (nSPS) is 25.0. The highest BCUT2D eigenvalue weighted by Gasteiger charge is 2.74. The first-order valence-electron chi connectivity index (χ1n) is 21.7. The highest BCUT2D eigenvalue weighted by atomic mass is 19.1. The van der Waals surface area contributed by atoms with E-state index in [-0.39, 0.29) is 52.0 Å². The van der Waals surface area contributed by atoms with E-state index in [1.54, 1.807) is 80.3 Å². The van der Waals surface area contributed by atoms with Gasteiger partial charge in [-0.3, -0.25) is 19.2 Å². The number of benzene rings is 2. The number of aliphatic hydroxyl groups is 1. The van der Waals surface area contributed by atoms with Crippen LogP contribution in [0.15, 0.2) is 83.2 Å². The van der Waals surface area contributed by atoms with E-state index >= 15 is 0 Å². The highest BCUT2D eigenvalue weighted by Crippen LogP contribution is 2.68. The first-order valence-corrected chi connectivity index (χ1v) is 21.7. The highest BCUT2D eigenvalue weighted by molar-refractivity contribution is 5.94. The fourth-order valence-electron chi connectivity index (χ4n) is 10.8. The van der Waals surface area contributed by atoms with Crippen molar-refractivity contribution in [2.45, 2.75) is 89.2 Å². The molecular formula is C48H46F2N8O7. The molecule has 334 valence electrons. The van der Waals surface area contributed by atoms with Gasteiger partial charge in [0, 0.05) is 87.8 Å². The molecular weight excluding hydrogens is 839 g/mol. The van der Waals surface area contributed by atoms with Crippen molar-refractivity contribution in [2.75, 3.05) is 26.2 Å². The van der Waals surface area contributed by atoms with Crippen molar-refractivity contribution in [3.63, 3.8) is 0 Å². The number of carbonyl (C=O) groups excluding carboxylic acids is 2. The number of halogens is 2. The molecule has 2 saturated carbocycles. The van der Waals surface area contributed by atoms with Crippen LogP contribution in [0.4, 0.5) is 8.78 Å². The van der Waals surface area contributed by atoms with Crippen molar-refractivity contribution in [3.05, 3.63) is 151 Å². The molecule has 2 aromatic carbocycles. The molecule has 0 saturated heterocycles. The van der Waals surface area contributed by atoms with Crippen molar-refractivity contribution in [2.24, 2.45) is 0 Å². The molecule has 4 aromatic heterocycles. The summed E-state index contributed by atoms with van der Waals surface area (Å²) in [4.78, 5) is 64.7. The number of aliphatic hydroxyl groups excluding tert-OH is 1. The Morgan fingerprint density at radius 3 is 1.54 bits per heavy atom. The van der Waals surface area contributed by atoms with Crippen LogP contribution in [0.3, 0.4) is 0 Å². The molecule has 8 heterocycles. The minimum Gasteiger partial charge on any atom is -0.486 e. The van der Waals surface area contributed by atoms with Gasteiger partial charge in [-0.1, -0.05) is 0 Å². The Bertz CT molecular complexity index is 3190. The third kappa shape index (κ3) is 5.93. The van der Waals surface area contributed by atoms with Crippen LogP contribution in [0.2, 0.25) is 0 Å². The molecule has 1 N–H and O–H groups in total. The number of aromatic nitrogens is 6. The van der Waals surface area contributed by atoms with Crippen molar-refractivity contribution in [1.29, 1.82) is 0 Å². The van der Waals surface area contributed by atoms with Gasteiger partial charge in [-0.05, 0) is 82.1 Å². The molecule has 12 rings (SSSR count). The number of carbonyl (C=O) groups is 2. The summed E-state index contributed by atoms with van der Waals surface area (Å²) in [7, 11) is 0. The van der Waals surface area contributed by atoms with Gasteiger partial charge in [-0.15, -0.1) is 0 Å². The third-order valence-electron chi connectivity index (χ3n) is 14.8. The molecule has 0 unspecified atom stereocenters. The molecule has 6 aliphatic rings. The zero-order valence-electron chi connectivity index (χ0n) is 36.5. The van der Waals surface area contributed by atoms with Gasteiger partial charge >= 0.3 is 0 Å². The van der Waals surface area contributed by atoms with Crippen LogP contribution in [-0.4, -0.2) is 92.3 Å². The Hall–Kier alpha value is -6.88. The second kappa shape index (κ2) is 13.8. The average molecular weight is 885 g/mol. The van der Waals surface area contributed by atoms with Crippen LogP contribution in [0.5, 0.6) is 11.5 Å². The first-order chi connectivity index (χ1) is 31.0. The number of fused-ring (bicyclic) bond motifs is 8. The molecule has 2 amide bonds. The summed E-state index contributed by atoms with van der Waals surface area (Å²) < 4.78 is 46.6. The first kappa shape index (κ1) is 40.9. The lowest BCUT2D eigenvalue weighted by molar-refractivity contribution is 0.0658. The second-order valence-electron chi connectivity index (χ2n) is 18.8. The number of nitrogens with zero attached hydrogens (tertiary/aromatic N) is 8. The summed E-state index contributed by atoms with van der Waals surface area (Å²) in [6.45, 7) is 11.7. The number of hydrogen-bond acceptors (Lipinski definition) is 9. The summed E-state index contributed by atoms with van der Waals surface area (Å²) in [6, 6.07) is 13.2. The minimum absolute atomic E-state index is 0.169. The van der Waals surface area contributed by atoms with E-state index in [1.165, 1.54) is 23.0 Å². The summed E-state index contributed by atoms with van der Waals surface area (Å²) in [5.74, 6) is 0.175. The van der Waals surface area contributed by atoms with Crippen molar-refractivity contribution in [1.82, 2.24) is 38.0 Å². The van der Waals surface area contributed by atoms with Gasteiger partial charge in [0.1, 0.15) is 57.1 Å². The third-order valence-corrected chi connectivity index (χ3v) is 14.8. The van der Waals surface area contributed by atoms with Crippen molar-refractivity contribution < 1.29 is 33.0 Å². The number of aryl methyl sites for hydroxylation is 3. The topological polar surface area (TPSA) is 159 Å². The van der Waals surface area contributed by atoms with Gasteiger partial charge in [0.15, 0.2) is 0 Å². The number of ether oxygens (including phenoxy) is 2. The standard InChI is InChI=1S/C24H23FN4O4.C24H23FN4O3/c1-14-7-16-20(8-17(14)25)33-23(2)11-24(16,23)12-27-5-6-29-19(21(27)31)4-3-18(22(29)32)28-9-15(10-30)26-13-28;1-14-8-16-20(9-17(14)25)32-23(3)11-24(16,23)12-27-6-7-29-19(21(27)30)5-4-18(22(29)31)28-10-15(2)26-13-28/h3-4,7-9,13,30H,5-6,10-12H2,1-2H3;4-5,8-10,13H,6-7,11-12H2,1-3H3/t2*23-,24+/m00/s1. The maximum absolute atomic E-state index is 14.1. The smallest absolute Gasteiger partial charge is 0.275 e. The average Bonchev–Trinajstić information content (AvgIpc) is 3.61. The number of hydrogen-bond donors (Lipinski definition) is 1. The van der Waals surface area contributed by atoms with Crippen LogP contribution in [0, 0.1) is 32.4 Å². The SMILES string of the molecule is Cc1cc2c(cc1F)O[C@@]1(C)C[C@@]21CN1CCn2c(ccc(-n3cnc(CO)c3)c2=O)C1=O.Cc1cn(-c2ccc3n(c2=O)CCN(C[C@@]24C[C@]2(C)Oc2cc(F)c(C)cc24)C3=O)cn1. The molecule has 65 heavy (non-hydrogen) atoms. The van der Waals surface area contributed by atoms with E-state index in [9.17, 15) is 33.1 Å². The summed E-state index contributed by atoms with van der Waals surface area (Å²) >= 11 is 0. The Morgan fingerprint density at radius 2 is 1.11 bits per heavy atom. The lowest BCUT2D eigenvalue weighted by Crippen LogP contribution is -2.48. The van der Waals surface area contributed by atoms with Gasteiger partial charge in [0.05, 0.1) is 41.5 Å². The van der Waals surface area contributed by atoms with Crippen LogP contribution in [0.25, 0.3) is 11.4 Å². The predicted molar refractivity (Wildman–Crippen MR) is 231 cm³/mol. The van der Waals surface area contributed by atoms with Gasteiger partial charge in [-0.2, -0.15) is 0 Å². The maximum atomic E-state index is 14.1. The lowest BCUT2D eigenvalue weighted by atomic mass is 9.91. The lowest BCUT2D eigenvalue weighted by Gasteiger charge is -2.32. The Balaban J connectivity index is 0.000000144. The van der Waals surface area contributed by atoms with Crippen LogP contribution in [0.1, 0.15) is 81.3 Å². The molecule has 0 radical (unpaired) electrons. The van der Waals surface area contributed by atoms with E-state index in [2.05, 4.69) is 9.97 Å².